The first-order valence-corrected chi connectivity index (χ1v) is 10.6. The summed E-state index contributed by atoms with van der Waals surface area (Å²) < 4.78 is 40.1. The van der Waals surface area contributed by atoms with Gasteiger partial charge in [0.2, 0.25) is 6.41 Å². The summed E-state index contributed by atoms with van der Waals surface area (Å²) in [5.41, 5.74) is 2.03. The number of hydrogen-bond acceptors (Lipinski definition) is 3. The van der Waals surface area contributed by atoms with Crippen LogP contribution in [0, 0.1) is 11.6 Å². The summed E-state index contributed by atoms with van der Waals surface area (Å²) in [6.45, 7) is 9.26. The van der Waals surface area contributed by atoms with E-state index in [9.17, 15) is 18.0 Å². The Hall–Kier alpha value is -3.32. The molecular formula is C26H29F3N2O2. The number of hydrogen-bond donors (Lipinski definition) is 2. The number of anilines is 1. The van der Waals surface area contributed by atoms with Gasteiger partial charge in [-0.15, -0.1) is 0 Å². The molecule has 0 saturated carbocycles. The molecule has 1 fully saturated rings. The fourth-order valence-corrected chi connectivity index (χ4v) is 3.61. The van der Waals surface area contributed by atoms with Crippen LogP contribution in [0.25, 0.3) is 0 Å². The number of allylic oxidation sites excluding steroid dienone is 2. The zero-order valence-corrected chi connectivity index (χ0v) is 18.6. The molecule has 1 saturated heterocycles. The lowest BCUT2D eigenvalue weighted by molar-refractivity contribution is -0.118. The molecule has 0 radical (unpaired) electrons. The Morgan fingerprint density at radius 2 is 1.88 bits per heavy atom. The number of aliphatic hydroxyl groups excluding tert-OH is 1. The van der Waals surface area contributed by atoms with Gasteiger partial charge in [-0.25, -0.2) is 13.2 Å². The predicted octanol–water partition coefficient (Wildman–Crippen LogP) is 5.83. The number of benzene rings is 2. The molecule has 2 unspecified atom stereocenters. The number of carbonyl (C=O) groups is 1. The fraction of sp³-hybridized carbons (Fsp3) is 0.269. The van der Waals surface area contributed by atoms with E-state index in [1.807, 2.05) is 19.1 Å². The van der Waals surface area contributed by atoms with Gasteiger partial charge in [0.1, 0.15) is 23.1 Å². The van der Waals surface area contributed by atoms with Crippen LogP contribution in [0.4, 0.5) is 18.9 Å². The van der Waals surface area contributed by atoms with Crippen molar-refractivity contribution in [2.75, 3.05) is 11.9 Å². The van der Waals surface area contributed by atoms with Crippen LogP contribution in [0.2, 0.25) is 0 Å². The summed E-state index contributed by atoms with van der Waals surface area (Å²) in [6, 6.07) is 10.6. The highest BCUT2D eigenvalue weighted by atomic mass is 19.1. The van der Waals surface area contributed by atoms with Crippen molar-refractivity contribution in [1.82, 2.24) is 4.90 Å². The predicted molar refractivity (Wildman–Crippen MR) is 125 cm³/mol. The maximum absolute atomic E-state index is 13.5. The molecule has 2 aromatic carbocycles. The van der Waals surface area contributed by atoms with E-state index in [1.54, 1.807) is 23.1 Å². The quantitative estimate of drug-likeness (QED) is 0.386. The van der Waals surface area contributed by atoms with Gasteiger partial charge in [0.15, 0.2) is 0 Å². The summed E-state index contributed by atoms with van der Waals surface area (Å²) in [5, 5.41) is 11.8. The monoisotopic (exact) mass is 458 g/mol. The first kappa shape index (κ1) is 25.9. The first-order chi connectivity index (χ1) is 15.8. The summed E-state index contributed by atoms with van der Waals surface area (Å²) in [6.07, 6.45) is 5.56. The highest BCUT2D eigenvalue weighted by Gasteiger charge is 2.27. The summed E-state index contributed by atoms with van der Waals surface area (Å²) in [5.74, 6) is -1.71. The standard InChI is InChI=1S/C15H15F2NO.C11H14FNO/c1-10(12-7-5-11(9-19)6-8-12)18-15-13(16)3-2-4-14(15)17;1-3-5-10(9(2)12)11-6-4-7-13(11)8-14/h2-8,10,18-19H,9H2,1H3;3,5,8,11H,1-2,4,6-7H2/b;10-5+. The molecule has 176 valence electrons. The van der Waals surface area contributed by atoms with Gasteiger partial charge in [0, 0.05) is 18.2 Å². The van der Waals surface area contributed by atoms with Gasteiger partial charge in [-0.3, -0.25) is 4.79 Å². The Labute approximate surface area is 192 Å². The molecular weight excluding hydrogens is 429 g/mol. The Morgan fingerprint density at radius 1 is 1.24 bits per heavy atom. The van der Waals surface area contributed by atoms with Gasteiger partial charge in [-0.1, -0.05) is 55.6 Å². The molecule has 1 amide bonds. The van der Waals surface area contributed by atoms with Crippen molar-refractivity contribution >= 4 is 12.1 Å². The molecule has 0 aliphatic carbocycles. The zero-order chi connectivity index (χ0) is 24.4. The molecule has 4 nitrogen and oxygen atoms in total. The minimum atomic E-state index is -0.612. The van der Waals surface area contributed by atoms with Crippen LogP contribution in [-0.2, 0) is 11.4 Å². The van der Waals surface area contributed by atoms with Crippen LogP contribution >= 0.6 is 0 Å². The molecule has 0 aromatic heterocycles. The second-order valence-electron chi connectivity index (χ2n) is 7.63. The number of halogens is 3. The maximum Gasteiger partial charge on any atom is 0.210 e. The van der Waals surface area contributed by atoms with Gasteiger partial charge in [0.25, 0.3) is 0 Å². The lowest BCUT2D eigenvalue weighted by Gasteiger charge is -2.21. The number of nitrogens with zero attached hydrogens (tertiary/aromatic N) is 1. The molecule has 2 atom stereocenters. The number of para-hydroxylation sites is 1. The van der Waals surface area contributed by atoms with Crippen molar-refractivity contribution < 1.29 is 23.1 Å². The van der Waals surface area contributed by atoms with E-state index >= 15 is 0 Å². The van der Waals surface area contributed by atoms with Crippen molar-refractivity contribution in [2.24, 2.45) is 0 Å². The van der Waals surface area contributed by atoms with E-state index < -0.39 is 17.5 Å². The lowest BCUT2D eigenvalue weighted by atomic mass is 10.0. The summed E-state index contributed by atoms with van der Waals surface area (Å²) >= 11 is 0. The normalized spacial score (nSPS) is 16.5. The molecule has 0 spiro atoms. The number of aliphatic hydroxyl groups is 1. The Balaban J connectivity index is 0.000000245. The SMILES string of the molecule is C=C/C=C(\C(=C)F)C1CCCN1C=O.CC(Nc1c(F)cccc1F)c1ccc(CO)cc1. The van der Waals surface area contributed by atoms with E-state index in [1.165, 1.54) is 24.3 Å². The van der Waals surface area contributed by atoms with Gasteiger partial charge in [0.05, 0.1) is 12.6 Å². The molecule has 0 bridgehead atoms. The van der Waals surface area contributed by atoms with Gasteiger partial charge in [-0.05, 0) is 43.0 Å². The van der Waals surface area contributed by atoms with E-state index in [-0.39, 0.29) is 24.4 Å². The van der Waals surface area contributed by atoms with Gasteiger partial charge in [-0.2, -0.15) is 0 Å². The van der Waals surface area contributed by atoms with Crippen LogP contribution < -0.4 is 5.32 Å². The minimum absolute atomic E-state index is 0.0238. The number of likely N-dealkylation sites (tertiary alicyclic amines) is 1. The molecule has 2 aromatic rings. The van der Waals surface area contributed by atoms with Crippen LogP contribution in [0.15, 0.2) is 79.2 Å². The van der Waals surface area contributed by atoms with Crippen LogP contribution in [0.1, 0.15) is 36.9 Å². The average Bonchev–Trinajstić information content (AvgIpc) is 3.28. The number of carbonyl (C=O) groups excluding carboxylic acids is 1. The van der Waals surface area contributed by atoms with Crippen LogP contribution in [0.3, 0.4) is 0 Å². The van der Waals surface area contributed by atoms with Crippen molar-refractivity contribution in [1.29, 1.82) is 0 Å². The third kappa shape index (κ3) is 7.08. The molecule has 2 N–H and O–H groups in total. The third-order valence-corrected chi connectivity index (χ3v) is 5.39. The Morgan fingerprint density at radius 3 is 2.39 bits per heavy atom. The van der Waals surface area contributed by atoms with Crippen molar-refractivity contribution in [3.05, 3.63) is 102 Å². The van der Waals surface area contributed by atoms with Gasteiger partial charge >= 0.3 is 0 Å². The number of amides is 1. The molecule has 1 aliphatic rings. The van der Waals surface area contributed by atoms with E-state index in [0.29, 0.717) is 12.1 Å². The zero-order valence-electron chi connectivity index (χ0n) is 18.6. The summed E-state index contributed by atoms with van der Waals surface area (Å²) in [4.78, 5) is 12.3. The highest BCUT2D eigenvalue weighted by Crippen LogP contribution is 2.27. The van der Waals surface area contributed by atoms with Crippen LogP contribution in [-0.4, -0.2) is 29.0 Å². The van der Waals surface area contributed by atoms with Crippen molar-refractivity contribution in [3.8, 4) is 0 Å². The average molecular weight is 459 g/mol. The third-order valence-electron chi connectivity index (χ3n) is 5.39. The van der Waals surface area contributed by atoms with Crippen LogP contribution in [0.5, 0.6) is 0 Å². The molecule has 7 heteroatoms. The smallest absolute Gasteiger partial charge is 0.210 e. The topological polar surface area (TPSA) is 52.6 Å². The van der Waals surface area contributed by atoms with E-state index in [2.05, 4.69) is 18.5 Å². The summed E-state index contributed by atoms with van der Waals surface area (Å²) in [7, 11) is 0. The largest absolute Gasteiger partial charge is 0.392 e. The van der Waals surface area contributed by atoms with Crippen molar-refractivity contribution in [3.63, 3.8) is 0 Å². The second-order valence-corrected chi connectivity index (χ2v) is 7.63. The molecule has 1 aliphatic heterocycles. The van der Waals surface area contributed by atoms with E-state index in [4.69, 9.17) is 5.11 Å². The van der Waals surface area contributed by atoms with Gasteiger partial charge < -0.3 is 15.3 Å². The number of rotatable bonds is 8. The minimum Gasteiger partial charge on any atom is -0.392 e. The Bertz CT molecular complexity index is 969. The highest BCUT2D eigenvalue weighted by molar-refractivity contribution is 5.51. The fourth-order valence-electron chi connectivity index (χ4n) is 3.61. The van der Waals surface area contributed by atoms with E-state index in [0.717, 1.165) is 30.4 Å². The Kier molecular flexibility index (Phi) is 9.94. The molecule has 33 heavy (non-hydrogen) atoms. The second kappa shape index (κ2) is 12.6. The molecule has 1 heterocycles. The van der Waals surface area contributed by atoms with Crippen molar-refractivity contribution in [2.45, 2.75) is 38.5 Å². The first-order valence-electron chi connectivity index (χ1n) is 10.6. The number of nitrogens with one attached hydrogen (secondary N) is 1. The molecule has 3 rings (SSSR count). The maximum atomic E-state index is 13.5. The lowest BCUT2D eigenvalue weighted by Crippen LogP contribution is -2.29.